The number of fused-ring (bicyclic) bond motifs is 2. The summed E-state index contributed by atoms with van der Waals surface area (Å²) < 4.78 is 0. The topological polar surface area (TPSA) is 0 Å². The van der Waals surface area contributed by atoms with Crippen LogP contribution in [0.25, 0.3) is 21.5 Å². The Hall–Kier alpha value is -1.37. The molecule has 0 atom stereocenters. The van der Waals surface area contributed by atoms with Crippen molar-refractivity contribution in [3.63, 3.8) is 0 Å². The third-order valence-corrected chi connectivity index (χ3v) is 6.62. The van der Waals surface area contributed by atoms with E-state index in [-0.39, 0.29) is 26.2 Å². The van der Waals surface area contributed by atoms with Gasteiger partial charge in [0.05, 0.1) is 0 Å². The molecule has 0 saturated carbocycles. The van der Waals surface area contributed by atoms with E-state index in [0.29, 0.717) is 23.7 Å². The molecule has 0 fully saturated rings. The quantitative estimate of drug-likeness (QED) is 0.161. The molecule has 0 nitrogen and oxygen atoms in total. The average molecular weight is 604 g/mol. The molecule has 38 heavy (non-hydrogen) atoms. The number of hydrogen-bond donors (Lipinski definition) is 0. The summed E-state index contributed by atoms with van der Waals surface area (Å²) in [5, 5.41) is 5.70. The summed E-state index contributed by atoms with van der Waals surface area (Å²) in [6.45, 7) is 26.7. The minimum atomic E-state index is 0. The maximum atomic E-state index is 4.53. The Bertz CT molecular complexity index is 1140. The minimum absolute atomic E-state index is 0. The van der Waals surface area contributed by atoms with Gasteiger partial charge in [0.1, 0.15) is 0 Å². The van der Waals surface area contributed by atoms with E-state index in [1.54, 1.807) is 11.1 Å². The van der Waals surface area contributed by atoms with Gasteiger partial charge in [-0.1, -0.05) is 91.5 Å². The number of rotatable bonds is 4. The van der Waals surface area contributed by atoms with Gasteiger partial charge in [-0.25, -0.2) is 9.85 Å². The smallest absolute Gasteiger partial charge is 0.533 e. The van der Waals surface area contributed by atoms with Crippen LogP contribution in [0.2, 0.25) is 0 Å². The standard InChI is InChI=1S/2C16H21.C3H7.CH3Si.Zr/c2*1-10(2)14-7-6-13-8-12(5)9-15(13)16(14)11(3)4;1-3-2;1-2;/h2*6-11H,1-5H3;3H,1-2H3;1H,2H2;/q4*-1;+4. The molecule has 0 amide bonds. The molecule has 204 valence electrons. The van der Waals surface area contributed by atoms with Crippen LogP contribution < -0.4 is 0 Å². The third-order valence-electron chi connectivity index (χ3n) is 6.62. The van der Waals surface area contributed by atoms with Gasteiger partial charge in [-0.3, -0.25) is 0 Å². The van der Waals surface area contributed by atoms with Crippen LogP contribution in [0.3, 0.4) is 0 Å². The molecule has 0 radical (unpaired) electrons. The van der Waals surface area contributed by atoms with Crippen molar-refractivity contribution in [3.05, 3.63) is 88.3 Å². The monoisotopic (exact) mass is 602 g/mol. The fourth-order valence-electron chi connectivity index (χ4n) is 5.24. The maximum absolute atomic E-state index is 4.53. The van der Waals surface area contributed by atoms with Gasteiger partial charge in [0, 0.05) is 0 Å². The zero-order valence-corrected chi connectivity index (χ0v) is 30.2. The van der Waals surface area contributed by atoms with E-state index in [2.05, 4.69) is 124 Å². The average Bonchev–Trinajstić information content (AvgIpc) is 3.39. The van der Waals surface area contributed by atoms with Gasteiger partial charge in [0.15, 0.2) is 0 Å². The van der Waals surface area contributed by atoms with Crippen molar-refractivity contribution in [2.75, 3.05) is 0 Å². The molecule has 0 aliphatic carbocycles. The Morgan fingerprint density at radius 1 is 0.605 bits per heavy atom. The molecule has 0 saturated heterocycles. The Balaban J connectivity index is 0.000000603. The van der Waals surface area contributed by atoms with Gasteiger partial charge in [-0.05, 0) is 23.7 Å². The summed E-state index contributed by atoms with van der Waals surface area (Å²) in [5.41, 5.74) is 8.85. The second-order valence-electron chi connectivity index (χ2n) is 11.4. The van der Waals surface area contributed by atoms with E-state index in [1.807, 2.05) is 20.3 Å². The van der Waals surface area contributed by atoms with E-state index in [9.17, 15) is 0 Å². The number of hydrogen-bond acceptors (Lipinski definition) is 0. The molecule has 0 N–H and O–H groups in total. The van der Waals surface area contributed by atoms with Crippen molar-refractivity contribution < 1.29 is 26.2 Å². The Morgan fingerprint density at radius 2 is 0.895 bits per heavy atom. The Kier molecular flexibility index (Phi) is 16.7. The number of benzene rings is 2. The van der Waals surface area contributed by atoms with Crippen molar-refractivity contribution in [2.24, 2.45) is 0 Å². The zero-order valence-electron chi connectivity index (χ0n) is 26.3. The summed E-state index contributed by atoms with van der Waals surface area (Å²) in [6, 6.07) is 18.4. The van der Waals surface area contributed by atoms with Crippen LogP contribution in [0.1, 0.15) is 126 Å². The first-order chi connectivity index (χ1) is 17.4. The maximum Gasteiger partial charge on any atom is 4.00 e. The van der Waals surface area contributed by atoms with Gasteiger partial charge in [-0.15, -0.1) is 69.1 Å². The van der Waals surface area contributed by atoms with Crippen molar-refractivity contribution in [3.8, 4) is 0 Å². The SMILES string of the molecule is C[CH-]C.Cc1cc2c(C(C)C)c(C(C)C)ccc2[cH-]1.Cc1cc2c(C(C)C)c(C(C)C)ccc2[cH-]1.[CH-]=[SiH2].[Zr+4]. The largest absolute Gasteiger partial charge is 4.00 e. The van der Waals surface area contributed by atoms with Crippen LogP contribution >= 0.6 is 0 Å². The normalized spacial score (nSPS) is 10.6. The molecule has 0 bridgehead atoms. The van der Waals surface area contributed by atoms with Crippen LogP contribution in [0.4, 0.5) is 0 Å². The van der Waals surface area contributed by atoms with E-state index in [1.165, 1.54) is 53.7 Å². The molecule has 0 aliphatic heterocycles. The molecule has 4 rings (SSSR count). The molecule has 0 spiro atoms. The molecule has 0 aliphatic rings. The molecule has 0 unspecified atom stereocenters. The molecule has 4 aromatic carbocycles. The first kappa shape index (κ1) is 36.6. The molecular formula is C36H52SiZr. The summed E-state index contributed by atoms with van der Waals surface area (Å²) in [6.07, 6.45) is 6.53. The predicted molar refractivity (Wildman–Crippen MR) is 175 cm³/mol. The van der Waals surface area contributed by atoms with Crippen molar-refractivity contribution >= 4 is 37.6 Å². The van der Waals surface area contributed by atoms with Gasteiger partial charge in [0.2, 0.25) is 0 Å². The molecule has 2 heteroatoms. The second kappa shape index (κ2) is 17.3. The van der Waals surface area contributed by atoms with Gasteiger partial charge >= 0.3 is 26.2 Å². The van der Waals surface area contributed by atoms with Gasteiger partial charge in [-0.2, -0.15) is 26.0 Å². The van der Waals surface area contributed by atoms with Crippen LogP contribution in [0.15, 0.2) is 48.5 Å². The van der Waals surface area contributed by atoms with E-state index in [0.717, 1.165) is 0 Å². The Labute approximate surface area is 257 Å². The van der Waals surface area contributed by atoms with Crippen molar-refractivity contribution in [1.82, 2.24) is 0 Å². The number of aryl methyl sites for hydroxylation is 2. The van der Waals surface area contributed by atoms with Gasteiger partial charge in [0.25, 0.3) is 0 Å². The fraction of sp³-hybridized carbons (Fsp3) is 0.444. The second-order valence-corrected chi connectivity index (χ2v) is 11.4. The van der Waals surface area contributed by atoms with Crippen LogP contribution in [0.5, 0.6) is 0 Å². The van der Waals surface area contributed by atoms with Crippen molar-refractivity contribution in [1.29, 1.82) is 0 Å². The first-order valence-electron chi connectivity index (χ1n) is 14.0. The summed E-state index contributed by atoms with van der Waals surface area (Å²) in [5.74, 6) is 2.42. The van der Waals surface area contributed by atoms with E-state index >= 15 is 0 Å². The van der Waals surface area contributed by atoms with Crippen LogP contribution in [-0.2, 0) is 26.2 Å². The minimum Gasteiger partial charge on any atom is -0.533 e. The molecule has 0 aromatic heterocycles. The summed E-state index contributed by atoms with van der Waals surface area (Å²) >= 11 is 0. The van der Waals surface area contributed by atoms with Crippen LogP contribution in [-0.4, -0.2) is 16.0 Å². The summed E-state index contributed by atoms with van der Waals surface area (Å²) in [4.78, 5) is 0. The third kappa shape index (κ3) is 9.38. The van der Waals surface area contributed by atoms with E-state index in [4.69, 9.17) is 0 Å². The first-order valence-corrected chi connectivity index (χ1v) is 14.8. The van der Waals surface area contributed by atoms with Crippen LogP contribution in [0, 0.1) is 20.3 Å². The molecule has 0 heterocycles. The summed E-state index contributed by atoms with van der Waals surface area (Å²) in [7, 11) is 1.36. The molecule has 4 aromatic rings. The van der Waals surface area contributed by atoms with Crippen molar-refractivity contribution in [2.45, 2.75) is 107 Å². The van der Waals surface area contributed by atoms with E-state index < -0.39 is 0 Å². The zero-order chi connectivity index (χ0) is 28.4. The Morgan fingerprint density at radius 3 is 1.13 bits per heavy atom. The predicted octanol–water partition coefficient (Wildman–Crippen LogP) is 10.4. The molecular weight excluding hydrogens is 552 g/mol. The fourth-order valence-corrected chi connectivity index (χ4v) is 5.24. The van der Waals surface area contributed by atoms with Gasteiger partial charge < -0.3 is 12.6 Å².